The van der Waals surface area contributed by atoms with E-state index in [0.29, 0.717) is 26.2 Å². The molecule has 4 rings (SSSR count). The van der Waals surface area contributed by atoms with Crippen LogP contribution in [0.1, 0.15) is 37.5 Å². The Hall–Kier alpha value is -3.56. The van der Waals surface area contributed by atoms with E-state index in [4.69, 9.17) is 34.8 Å². The van der Waals surface area contributed by atoms with Crippen LogP contribution in [-0.4, -0.2) is 43.3 Å². The molecule has 7 nitrogen and oxygen atoms in total. The van der Waals surface area contributed by atoms with E-state index >= 15 is 0 Å². The second-order valence-electron chi connectivity index (χ2n) is 11.9. The second-order valence-corrected chi connectivity index (χ2v) is 15.0. The number of sulfonamides is 1. The molecule has 4 aromatic rings. The Kier molecular flexibility index (Phi) is 11.4. The van der Waals surface area contributed by atoms with Gasteiger partial charge >= 0.3 is 0 Å². The molecule has 0 bridgehead atoms. The number of anilines is 1. The Labute approximate surface area is 286 Å². The van der Waals surface area contributed by atoms with Crippen LogP contribution < -0.4 is 9.62 Å². The van der Waals surface area contributed by atoms with E-state index in [0.717, 1.165) is 9.87 Å². The number of benzene rings is 4. The highest BCUT2D eigenvalue weighted by Gasteiger charge is 2.36. The molecule has 0 aliphatic carbocycles. The number of rotatable bonds is 11. The minimum atomic E-state index is -4.26. The number of nitrogens with one attached hydrogen (secondary N) is 1. The molecule has 2 amide bonds. The van der Waals surface area contributed by atoms with E-state index in [1.165, 1.54) is 17.0 Å². The van der Waals surface area contributed by atoms with Gasteiger partial charge in [-0.2, -0.15) is 0 Å². The van der Waals surface area contributed by atoms with Gasteiger partial charge in [0, 0.05) is 33.6 Å². The third-order valence-corrected chi connectivity index (χ3v) is 10.0. The number of halogens is 3. The maximum Gasteiger partial charge on any atom is 0.264 e. The predicted octanol–water partition coefficient (Wildman–Crippen LogP) is 7.71. The summed E-state index contributed by atoms with van der Waals surface area (Å²) in [6.45, 7) is 6.54. The van der Waals surface area contributed by atoms with Gasteiger partial charge in [0.25, 0.3) is 10.0 Å². The quantitative estimate of drug-likeness (QED) is 0.174. The van der Waals surface area contributed by atoms with Crippen molar-refractivity contribution in [2.24, 2.45) is 0 Å². The highest BCUT2D eigenvalue weighted by atomic mass is 35.5. The Balaban J connectivity index is 1.86. The van der Waals surface area contributed by atoms with Gasteiger partial charge in [-0.05, 0) is 80.8 Å². The van der Waals surface area contributed by atoms with Crippen LogP contribution in [0.3, 0.4) is 0 Å². The first-order valence-corrected chi connectivity index (χ1v) is 17.2. The molecule has 11 heteroatoms. The van der Waals surface area contributed by atoms with Crippen LogP contribution in [0.15, 0.2) is 102 Å². The first-order valence-electron chi connectivity index (χ1n) is 14.6. The zero-order valence-electron chi connectivity index (χ0n) is 26.0. The van der Waals surface area contributed by atoms with E-state index in [2.05, 4.69) is 5.32 Å². The average Bonchev–Trinajstić information content (AvgIpc) is 3.00. The average molecular weight is 701 g/mol. The SMILES string of the molecule is Cc1c(Cl)cccc1N(CC(=O)N(Cc1ccc(Cl)cc1Cl)[C@H](Cc1ccccc1)C(=O)NC(C)(C)C)S(=O)(=O)c1ccccc1. The Morgan fingerprint density at radius 2 is 1.46 bits per heavy atom. The van der Waals surface area contributed by atoms with Crippen LogP contribution in [0.4, 0.5) is 5.69 Å². The molecule has 4 aromatic carbocycles. The summed E-state index contributed by atoms with van der Waals surface area (Å²) in [7, 11) is -4.26. The molecular weight excluding hydrogens is 665 g/mol. The summed E-state index contributed by atoms with van der Waals surface area (Å²) in [5.41, 5.74) is 1.47. The summed E-state index contributed by atoms with van der Waals surface area (Å²) >= 11 is 19.2. The van der Waals surface area contributed by atoms with Gasteiger partial charge in [0.2, 0.25) is 11.8 Å². The molecule has 46 heavy (non-hydrogen) atoms. The first-order chi connectivity index (χ1) is 21.7. The molecule has 0 aromatic heterocycles. The van der Waals surface area contributed by atoms with Crippen molar-refractivity contribution in [2.75, 3.05) is 10.8 Å². The third-order valence-electron chi connectivity index (χ3n) is 7.24. The van der Waals surface area contributed by atoms with E-state index < -0.39 is 40.0 Å². The number of hydrogen-bond acceptors (Lipinski definition) is 4. The topological polar surface area (TPSA) is 86.8 Å². The molecule has 0 aliphatic rings. The normalized spacial score (nSPS) is 12.3. The lowest BCUT2D eigenvalue weighted by atomic mass is 10.0. The van der Waals surface area contributed by atoms with Gasteiger partial charge in [-0.3, -0.25) is 13.9 Å². The maximum absolute atomic E-state index is 14.6. The minimum Gasteiger partial charge on any atom is -0.350 e. The molecule has 0 aliphatic heterocycles. The van der Waals surface area contributed by atoms with Gasteiger partial charge in [0.1, 0.15) is 12.6 Å². The van der Waals surface area contributed by atoms with Crippen molar-refractivity contribution in [3.63, 3.8) is 0 Å². The van der Waals surface area contributed by atoms with Gasteiger partial charge in [-0.1, -0.05) is 95.5 Å². The second kappa shape index (κ2) is 14.9. The van der Waals surface area contributed by atoms with Crippen molar-refractivity contribution in [3.05, 3.63) is 129 Å². The van der Waals surface area contributed by atoms with Crippen LogP contribution >= 0.6 is 34.8 Å². The highest BCUT2D eigenvalue weighted by Crippen LogP contribution is 2.32. The highest BCUT2D eigenvalue weighted by molar-refractivity contribution is 7.92. The van der Waals surface area contributed by atoms with Gasteiger partial charge in [0.05, 0.1) is 10.6 Å². The molecule has 0 heterocycles. The van der Waals surface area contributed by atoms with Crippen molar-refractivity contribution in [3.8, 4) is 0 Å². The molecule has 0 spiro atoms. The summed E-state index contributed by atoms with van der Waals surface area (Å²) < 4.78 is 29.4. The van der Waals surface area contributed by atoms with Crippen LogP contribution in [0.5, 0.6) is 0 Å². The van der Waals surface area contributed by atoms with Crippen molar-refractivity contribution < 1.29 is 18.0 Å². The fourth-order valence-electron chi connectivity index (χ4n) is 4.94. The summed E-state index contributed by atoms with van der Waals surface area (Å²) in [6, 6.07) is 25.9. The van der Waals surface area contributed by atoms with Crippen LogP contribution in [0.2, 0.25) is 15.1 Å². The zero-order valence-corrected chi connectivity index (χ0v) is 29.1. The van der Waals surface area contributed by atoms with Crippen molar-refractivity contribution in [1.82, 2.24) is 10.2 Å². The molecule has 0 radical (unpaired) electrons. The molecule has 1 N–H and O–H groups in total. The van der Waals surface area contributed by atoms with Crippen LogP contribution in [0.25, 0.3) is 0 Å². The number of hydrogen-bond donors (Lipinski definition) is 1. The molecule has 0 fully saturated rings. The number of carbonyl (C=O) groups excluding carboxylic acids is 2. The lowest BCUT2D eigenvalue weighted by Crippen LogP contribution is -2.56. The molecule has 242 valence electrons. The van der Waals surface area contributed by atoms with Gasteiger partial charge in [-0.25, -0.2) is 8.42 Å². The number of nitrogens with zero attached hydrogens (tertiary/aromatic N) is 2. The van der Waals surface area contributed by atoms with Crippen molar-refractivity contribution >= 4 is 62.3 Å². The zero-order chi connectivity index (χ0) is 33.6. The lowest BCUT2D eigenvalue weighted by molar-refractivity contribution is -0.140. The van der Waals surface area contributed by atoms with E-state index in [1.54, 1.807) is 61.5 Å². The summed E-state index contributed by atoms with van der Waals surface area (Å²) in [5.74, 6) is -1.01. The van der Waals surface area contributed by atoms with Crippen LogP contribution in [0, 0.1) is 6.92 Å². The molecule has 0 saturated heterocycles. The fraction of sp³-hybridized carbons (Fsp3) is 0.257. The molecule has 0 saturated carbocycles. The smallest absolute Gasteiger partial charge is 0.264 e. The largest absolute Gasteiger partial charge is 0.350 e. The Morgan fingerprint density at radius 1 is 0.826 bits per heavy atom. The summed E-state index contributed by atoms with van der Waals surface area (Å²) in [5, 5.41) is 4.06. The molecule has 1 atom stereocenters. The standard InChI is InChI=1S/C35H36Cl3N3O4S/c1-24-29(37)16-11-17-31(24)41(46(44,45)28-14-9-6-10-15-28)23-33(42)40(22-26-18-19-27(36)21-30(26)38)32(34(43)39-35(2,3)4)20-25-12-7-5-8-13-25/h5-19,21,32H,20,22-23H2,1-4H3,(H,39,43)/t32-/m1/s1. The van der Waals surface area contributed by atoms with Gasteiger partial charge in [-0.15, -0.1) is 0 Å². The van der Waals surface area contributed by atoms with Crippen molar-refractivity contribution in [2.45, 2.75) is 57.1 Å². The van der Waals surface area contributed by atoms with E-state index in [9.17, 15) is 18.0 Å². The molecule has 0 unspecified atom stereocenters. The molecular formula is C35H36Cl3N3O4S. The predicted molar refractivity (Wildman–Crippen MR) is 186 cm³/mol. The monoisotopic (exact) mass is 699 g/mol. The number of amides is 2. The van der Waals surface area contributed by atoms with Gasteiger partial charge in [0.15, 0.2) is 0 Å². The maximum atomic E-state index is 14.6. The van der Waals surface area contributed by atoms with Crippen LogP contribution in [-0.2, 0) is 32.6 Å². The summed E-state index contributed by atoms with van der Waals surface area (Å²) in [4.78, 5) is 30.0. The fourth-order valence-corrected chi connectivity index (χ4v) is 7.07. The minimum absolute atomic E-state index is 0.000724. The van der Waals surface area contributed by atoms with Crippen molar-refractivity contribution in [1.29, 1.82) is 0 Å². The van der Waals surface area contributed by atoms with E-state index in [1.807, 2.05) is 51.1 Å². The van der Waals surface area contributed by atoms with Gasteiger partial charge < -0.3 is 10.2 Å². The van der Waals surface area contributed by atoms with E-state index in [-0.39, 0.29) is 23.5 Å². The Bertz CT molecular complexity index is 1800. The lowest BCUT2D eigenvalue weighted by Gasteiger charge is -2.35. The third kappa shape index (κ3) is 8.82. The number of carbonyl (C=O) groups is 2. The summed E-state index contributed by atoms with van der Waals surface area (Å²) in [6.07, 6.45) is 0.168. The first kappa shape index (κ1) is 35.3. The Morgan fingerprint density at radius 3 is 2.07 bits per heavy atom.